The molecule has 0 spiro atoms. The lowest BCUT2D eigenvalue weighted by Crippen LogP contribution is -2.22. The molecular weight excluding hydrogens is 142 g/mol. The van der Waals surface area contributed by atoms with Gasteiger partial charge in [-0.25, -0.2) is 0 Å². The molecule has 0 aromatic heterocycles. The molecule has 0 aliphatic carbocycles. The van der Waals surface area contributed by atoms with Crippen molar-refractivity contribution in [3.05, 3.63) is 0 Å². The highest BCUT2D eigenvalue weighted by Gasteiger charge is 2.04. The van der Waals surface area contributed by atoms with Crippen LogP contribution in [0.5, 0.6) is 0 Å². The zero-order valence-corrected chi connectivity index (χ0v) is 7.87. The van der Waals surface area contributed by atoms with Gasteiger partial charge in [0.15, 0.2) is 0 Å². The van der Waals surface area contributed by atoms with Gasteiger partial charge in [0.2, 0.25) is 0 Å². The Morgan fingerprint density at radius 1 is 1.40 bits per heavy atom. The fraction of sp³-hybridized carbons (Fsp3) is 0.875. The maximum atomic E-state index is 4.66. The highest BCUT2D eigenvalue weighted by Crippen LogP contribution is 2.07. The van der Waals surface area contributed by atoms with E-state index in [-0.39, 0.29) is 0 Å². The quantitative estimate of drug-likeness (QED) is 0.446. The third-order valence-electron chi connectivity index (χ3n) is 1.84. The van der Waals surface area contributed by atoms with E-state index < -0.39 is 0 Å². The zero-order valence-electron chi connectivity index (χ0n) is 7.05. The Hall–Kier alpha value is -0.110. The zero-order chi connectivity index (χ0) is 7.98. The molecule has 0 aliphatic rings. The summed E-state index contributed by atoms with van der Waals surface area (Å²) in [4.78, 5) is 1.95. The van der Waals surface area contributed by atoms with E-state index in [0.717, 1.165) is 12.5 Å². The monoisotopic (exact) mass is 158 g/mol. The summed E-state index contributed by atoms with van der Waals surface area (Å²) in [5, 5.41) is 0. The smallest absolute Gasteiger partial charge is 0.136 e. The van der Waals surface area contributed by atoms with Crippen molar-refractivity contribution in [1.29, 1.82) is 0 Å². The molecular formula is C8H16NS. The van der Waals surface area contributed by atoms with Gasteiger partial charge in [0.1, 0.15) is 5.49 Å². The average molecular weight is 158 g/mol. The second-order valence-electron chi connectivity index (χ2n) is 2.65. The van der Waals surface area contributed by atoms with Gasteiger partial charge in [0, 0.05) is 13.6 Å². The molecule has 0 atom stereocenters. The van der Waals surface area contributed by atoms with Crippen LogP contribution in [0.3, 0.4) is 0 Å². The maximum absolute atomic E-state index is 4.66. The van der Waals surface area contributed by atoms with Crippen LogP contribution in [0, 0.1) is 5.92 Å². The van der Waals surface area contributed by atoms with Gasteiger partial charge in [0.05, 0.1) is 0 Å². The molecule has 0 unspecified atom stereocenters. The fourth-order valence-corrected chi connectivity index (χ4v) is 1.05. The predicted molar refractivity (Wildman–Crippen MR) is 49.3 cm³/mol. The van der Waals surface area contributed by atoms with Crippen LogP contribution >= 0.6 is 12.2 Å². The summed E-state index contributed by atoms with van der Waals surface area (Å²) in [7, 11) is 1.98. The van der Waals surface area contributed by atoms with Crippen LogP contribution in [0.25, 0.3) is 0 Å². The molecule has 0 N–H and O–H groups in total. The third-order valence-corrected chi connectivity index (χ3v) is 2.15. The topological polar surface area (TPSA) is 3.24 Å². The SMILES string of the molecule is CCC(CC)CN(C)[C]=S. The number of hydrogen-bond acceptors (Lipinski definition) is 1. The van der Waals surface area contributed by atoms with Crippen LogP contribution in [0.2, 0.25) is 0 Å². The normalized spacial score (nSPS) is 10.0. The van der Waals surface area contributed by atoms with Crippen LogP contribution < -0.4 is 0 Å². The minimum absolute atomic E-state index is 0.778. The van der Waals surface area contributed by atoms with Crippen LogP contribution in [-0.2, 0) is 0 Å². The Bertz CT molecular complexity index is 89.3. The van der Waals surface area contributed by atoms with Crippen molar-refractivity contribution in [2.75, 3.05) is 13.6 Å². The van der Waals surface area contributed by atoms with Gasteiger partial charge in [-0.15, -0.1) is 0 Å². The van der Waals surface area contributed by atoms with Gasteiger partial charge < -0.3 is 4.90 Å². The minimum atomic E-state index is 0.778. The lowest BCUT2D eigenvalue weighted by molar-refractivity contribution is 0.374. The summed E-state index contributed by atoms with van der Waals surface area (Å²) in [5.74, 6) is 0.778. The first-order valence-electron chi connectivity index (χ1n) is 3.83. The van der Waals surface area contributed by atoms with Crippen molar-refractivity contribution in [2.45, 2.75) is 26.7 Å². The Morgan fingerprint density at radius 3 is 2.20 bits per heavy atom. The van der Waals surface area contributed by atoms with Crippen LogP contribution in [0.15, 0.2) is 0 Å². The van der Waals surface area contributed by atoms with Crippen LogP contribution in [-0.4, -0.2) is 24.0 Å². The van der Waals surface area contributed by atoms with E-state index >= 15 is 0 Å². The minimum Gasteiger partial charge on any atom is -0.363 e. The lowest BCUT2D eigenvalue weighted by atomic mass is 10.0. The first-order valence-corrected chi connectivity index (χ1v) is 4.24. The van der Waals surface area contributed by atoms with Gasteiger partial charge in [-0.05, 0) is 5.92 Å². The van der Waals surface area contributed by atoms with E-state index in [1.165, 1.54) is 12.8 Å². The molecule has 0 rings (SSSR count). The van der Waals surface area contributed by atoms with Gasteiger partial charge in [-0.2, -0.15) is 0 Å². The molecule has 0 saturated heterocycles. The maximum Gasteiger partial charge on any atom is 0.136 e. The molecule has 59 valence electrons. The number of hydrogen-bond donors (Lipinski definition) is 0. The van der Waals surface area contributed by atoms with E-state index in [1.807, 2.05) is 11.9 Å². The molecule has 0 aromatic rings. The van der Waals surface area contributed by atoms with E-state index in [1.54, 1.807) is 0 Å². The summed E-state index contributed by atoms with van der Waals surface area (Å²) < 4.78 is 0. The Kier molecular flexibility index (Phi) is 5.60. The highest BCUT2D eigenvalue weighted by molar-refractivity contribution is 7.78. The standard InChI is InChI=1S/C8H16NS/c1-4-8(5-2)6-9(3)7-10/h8H,4-6H2,1-3H3. The number of rotatable bonds is 5. The summed E-state index contributed by atoms with van der Waals surface area (Å²) in [5.41, 5.74) is 2.68. The Labute approximate surface area is 69.4 Å². The van der Waals surface area contributed by atoms with Crippen LogP contribution in [0.4, 0.5) is 0 Å². The molecule has 0 heterocycles. The van der Waals surface area contributed by atoms with Gasteiger partial charge in [0.25, 0.3) is 0 Å². The second-order valence-corrected chi connectivity index (χ2v) is 2.84. The highest BCUT2D eigenvalue weighted by atomic mass is 32.1. The van der Waals surface area contributed by atoms with E-state index in [4.69, 9.17) is 0 Å². The molecule has 0 amide bonds. The Morgan fingerprint density at radius 2 is 1.90 bits per heavy atom. The lowest BCUT2D eigenvalue weighted by Gasteiger charge is -2.18. The molecule has 0 aliphatic heterocycles. The summed E-state index contributed by atoms with van der Waals surface area (Å²) >= 11 is 4.66. The van der Waals surface area contributed by atoms with Crippen molar-refractivity contribution < 1.29 is 0 Å². The van der Waals surface area contributed by atoms with Crippen molar-refractivity contribution in [3.8, 4) is 0 Å². The summed E-state index contributed by atoms with van der Waals surface area (Å²) in [6.07, 6.45) is 2.47. The molecule has 0 aromatic carbocycles. The largest absolute Gasteiger partial charge is 0.363 e. The van der Waals surface area contributed by atoms with E-state index in [9.17, 15) is 0 Å². The first-order chi connectivity index (χ1) is 4.74. The Balaban J connectivity index is 3.51. The van der Waals surface area contributed by atoms with Gasteiger partial charge >= 0.3 is 0 Å². The van der Waals surface area contributed by atoms with E-state index in [0.29, 0.717) is 0 Å². The fourth-order valence-electron chi connectivity index (χ4n) is 0.971. The van der Waals surface area contributed by atoms with Crippen molar-refractivity contribution >= 4 is 17.7 Å². The molecule has 0 fully saturated rings. The average Bonchev–Trinajstić information content (AvgIpc) is 1.99. The van der Waals surface area contributed by atoms with Crippen molar-refractivity contribution in [2.24, 2.45) is 5.92 Å². The number of nitrogens with zero attached hydrogens (tertiary/aromatic N) is 1. The summed E-state index contributed by atoms with van der Waals surface area (Å²) in [6, 6.07) is 0. The molecule has 0 saturated carbocycles. The van der Waals surface area contributed by atoms with Crippen molar-refractivity contribution in [1.82, 2.24) is 4.90 Å². The molecule has 0 bridgehead atoms. The van der Waals surface area contributed by atoms with Crippen molar-refractivity contribution in [3.63, 3.8) is 0 Å². The molecule has 1 radical (unpaired) electrons. The predicted octanol–water partition coefficient (Wildman–Crippen LogP) is 2.19. The molecule has 10 heavy (non-hydrogen) atoms. The third kappa shape index (κ3) is 3.83. The number of thiocarbonyl (C=S) groups is 1. The second kappa shape index (κ2) is 5.66. The van der Waals surface area contributed by atoms with Crippen LogP contribution in [0.1, 0.15) is 26.7 Å². The summed E-state index contributed by atoms with van der Waals surface area (Å²) in [6.45, 7) is 5.48. The molecule has 2 heteroatoms. The first kappa shape index (κ1) is 9.89. The molecule has 1 nitrogen and oxygen atoms in total. The van der Waals surface area contributed by atoms with Gasteiger partial charge in [-0.3, -0.25) is 0 Å². The van der Waals surface area contributed by atoms with Gasteiger partial charge in [-0.1, -0.05) is 38.9 Å². The van der Waals surface area contributed by atoms with E-state index in [2.05, 4.69) is 31.6 Å².